The summed E-state index contributed by atoms with van der Waals surface area (Å²) in [4.78, 5) is 11.8. The van der Waals surface area contributed by atoms with Crippen molar-refractivity contribution in [2.45, 2.75) is 39.2 Å². The summed E-state index contributed by atoms with van der Waals surface area (Å²) in [5.74, 6) is 0.648. The average molecular weight is 236 g/mol. The Morgan fingerprint density at radius 2 is 2.41 bits per heavy atom. The van der Waals surface area contributed by atoms with Gasteiger partial charge in [0.1, 0.15) is 0 Å². The quantitative estimate of drug-likeness (QED) is 0.811. The SMILES string of the molecule is CCn1cc(N)c(C(=O)NCCC2CCC2)n1. The number of aromatic nitrogens is 2. The number of carbonyl (C=O) groups excluding carboxylic acids is 1. The van der Waals surface area contributed by atoms with E-state index < -0.39 is 0 Å². The summed E-state index contributed by atoms with van der Waals surface area (Å²) in [6.45, 7) is 3.41. The Morgan fingerprint density at radius 1 is 1.65 bits per heavy atom. The van der Waals surface area contributed by atoms with Crippen molar-refractivity contribution in [3.63, 3.8) is 0 Å². The van der Waals surface area contributed by atoms with Gasteiger partial charge in [-0.15, -0.1) is 0 Å². The third-order valence-electron chi connectivity index (χ3n) is 3.39. The molecular weight excluding hydrogens is 216 g/mol. The van der Waals surface area contributed by atoms with Crippen molar-refractivity contribution in [1.82, 2.24) is 15.1 Å². The maximum Gasteiger partial charge on any atom is 0.273 e. The van der Waals surface area contributed by atoms with Crippen molar-refractivity contribution in [3.8, 4) is 0 Å². The molecule has 2 rings (SSSR count). The van der Waals surface area contributed by atoms with Gasteiger partial charge in [-0.25, -0.2) is 0 Å². The fourth-order valence-electron chi connectivity index (χ4n) is 2.03. The van der Waals surface area contributed by atoms with Crippen LogP contribution in [0.15, 0.2) is 6.20 Å². The van der Waals surface area contributed by atoms with Crippen LogP contribution in [0.5, 0.6) is 0 Å². The van der Waals surface area contributed by atoms with Crippen LogP contribution in [0.1, 0.15) is 43.1 Å². The van der Waals surface area contributed by atoms with E-state index >= 15 is 0 Å². The molecule has 3 N–H and O–H groups in total. The molecule has 1 aliphatic rings. The highest BCUT2D eigenvalue weighted by atomic mass is 16.1. The first-order valence-electron chi connectivity index (χ1n) is 6.31. The first-order valence-corrected chi connectivity index (χ1v) is 6.31. The molecule has 0 radical (unpaired) electrons. The van der Waals surface area contributed by atoms with Gasteiger partial charge >= 0.3 is 0 Å². The lowest BCUT2D eigenvalue weighted by Crippen LogP contribution is -2.28. The number of nitrogens with two attached hydrogens (primary N) is 1. The third kappa shape index (κ3) is 2.78. The maximum absolute atomic E-state index is 11.8. The first-order chi connectivity index (χ1) is 8.20. The van der Waals surface area contributed by atoms with Crippen LogP contribution in [0.4, 0.5) is 5.69 Å². The lowest BCUT2D eigenvalue weighted by molar-refractivity contribution is 0.0944. The summed E-state index contributed by atoms with van der Waals surface area (Å²) >= 11 is 0. The number of nitrogen functional groups attached to an aromatic ring is 1. The van der Waals surface area contributed by atoms with E-state index in [-0.39, 0.29) is 5.91 Å². The number of rotatable bonds is 5. The molecule has 1 fully saturated rings. The zero-order valence-corrected chi connectivity index (χ0v) is 10.3. The Labute approximate surface area is 101 Å². The van der Waals surface area contributed by atoms with E-state index in [0.29, 0.717) is 11.4 Å². The summed E-state index contributed by atoms with van der Waals surface area (Å²) < 4.78 is 1.68. The highest BCUT2D eigenvalue weighted by Gasteiger charge is 2.18. The summed E-state index contributed by atoms with van der Waals surface area (Å²) in [6.07, 6.45) is 6.72. The molecule has 1 heterocycles. The molecule has 0 saturated heterocycles. The van der Waals surface area contributed by atoms with Crippen molar-refractivity contribution >= 4 is 11.6 Å². The Hall–Kier alpha value is -1.52. The van der Waals surface area contributed by atoms with Gasteiger partial charge in [-0.3, -0.25) is 9.48 Å². The second-order valence-corrected chi connectivity index (χ2v) is 4.63. The van der Waals surface area contributed by atoms with E-state index in [2.05, 4.69) is 10.4 Å². The summed E-state index contributed by atoms with van der Waals surface area (Å²) in [6, 6.07) is 0. The largest absolute Gasteiger partial charge is 0.396 e. The highest BCUT2D eigenvalue weighted by Crippen LogP contribution is 2.28. The summed E-state index contributed by atoms with van der Waals surface area (Å²) in [5, 5.41) is 7.02. The van der Waals surface area contributed by atoms with Gasteiger partial charge in [0.25, 0.3) is 5.91 Å². The van der Waals surface area contributed by atoms with E-state index in [9.17, 15) is 4.79 Å². The van der Waals surface area contributed by atoms with Crippen LogP contribution in [-0.2, 0) is 6.54 Å². The number of hydrogen-bond donors (Lipinski definition) is 2. The van der Waals surface area contributed by atoms with Crippen molar-refractivity contribution in [1.29, 1.82) is 0 Å². The molecule has 5 nitrogen and oxygen atoms in total. The molecule has 1 saturated carbocycles. The molecule has 0 unspecified atom stereocenters. The molecule has 5 heteroatoms. The molecule has 1 aromatic rings. The number of nitrogens with zero attached hydrogens (tertiary/aromatic N) is 2. The van der Waals surface area contributed by atoms with Gasteiger partial charge in [0.15, 0.2) is 5.69 Å². The standard InChI is InChI=1S/C12H20N4O/c1-2-16-8-10(13)11(15-16)12(17)14-7-6-9-4-3-5-9/h8-9H,2-7,13H2,1H3,(H,14,17). The van der Waals surface area contributed by atoms with E-state index in [1.54, 1.807) is 10.9 Å². The molecule has 1 aliphatic carbocycles. The minimum Gasteiger partial charge on any atom is -0.396 e. The molecule has 0 aromatic carbocycles. The van der Waals surface area contributed by atoms with Gasteiger partial charge < -0.3 is 11.1 Å². The Balaban J connectivity index is 1.83. The molecule has 0 spiro atoms. The molecule has 0 aliphatic heterocycles. The minimum absolute atomic E-state index is 0.158. The van der Waals surface area contributed by atoms with Gasteiger partial charge in [0.2, 0.25) is 0 Å². The molecule has 1 aromatic heterocycles. The molecule has 0 bridgehead atoms. The van der Waals surface area contributed by atoms with Gasteiger partial charge in [-0.1, -0.05) is 19.3 Å². The van der Waals surface area contributed by atoms with E-state index in [1.165, 1.54) is 19.3 Å². The van der Waals surface area contributed by atoms with Crippen LogP contribution in [0.3, 0.4) is 0 Å². The number of aryl methyl sites for hydroxylation is 1. The second kappa shape index (κ2) is 5.21. The van der Waals surface area contributed by atoms with Crippen molar-refractivity contribution < 1.29 is 4.79 Å². The number of hydrogen-bond acceptors (Lipinski definition) is 3. The topological polar surface area (TPSA) is 72.9 Å². The second-order valence-electron chi connectivity index (χ2n) is 4.63. The molecule has 94 valence electrons. The zero-order chi connectivity index (χ0) is 12.3. The van der Waals surface area contributed by atoms with Gasteiger partial charge in [0, 0.05) is 19.3 Å². The summed E-state index contributed by atoms with van der Waals surface area (Å²) in [7, 11) is 0. The molecule has 0 atom stereocenters. The molecule has 1 amide bonds. The van der Waals surface area contributed by atoms with Crippen molar-refractivity contribution in [2.75, 3.05) is 12.3 Å². The van der Waals surface area contributed by atoms with Crippen molar-refractivity contribution in [2.24, 2.45) is 5.92 Å². The van der Waals surface area contributed by atoms with Crippen LogP contribution in [0.2, 0.25) is 0 Å². The van der Waals surface area contributed by atoms with Gasteiger partial charge in [0.05, 0.1) is 5.69 Å². The normalized spacial score (nSPS) is 15.6. The smallest absolute Gasteiger partial charge is 0.273 e. The first kappa shape index (κ1) is 12.0. The predicted octanol–water partition coefficient (Wildman–Crippen LogP) is 1.41. The van der Waals surface area contributed by atoms with Crippen LogP contribution >= 0.6 is 0 Å². The van der Waals surface area contributed by atoms with E-state index in [4.69, 9.17) is 5.73 Å². The fourth-order valence-corrected chi connectivity index (χ4v) is 2.03. The van der Waals surface area contributed by atoms with Crippen LogP contribution < -0.4 is 11.1 Å². The fraction of sp³-hybridized carbons (Fsp3) is 0.667. The lowest BCUT2D eigenvalue weighted by Gasteiger charge is -2.24. The monoisotopic (exact) mass is 236 g/mol. The predicted molar refractivity (Wildman–Crippen MR) is 66.6 cm³/mol. The number of amides is 1. The Kier molecular flexibility index (Phi) is 3.66. The van der Waals surface area contributed by atoms with Crippen LogP contribution in [0, 0.1) is 5.92 Å². The van der Waals surface area contributed by atoms with Crippen LogP contribution in [-0.4, -0.2) is 22.2 Å². The van der Waals surface area contributed by atoms with Crippen LogP contribution in [0.25, 0.3) is 0 Å². The highest BCUT2D eigenvalue weighted by molar-refractivity contribution is 5.96. The number of nitrogens with one attached hydrogen (secondary N) is 1. The third-order valence-corrected chi connectivity index (χ3v) is 3.39. The van der Waals surface area contributed by atoms with E-state index in [1.807, 2.05) is 6.92 Å². The number of anilines is 1. The lowest BCUT2D eigenvalue weighted by atomic mass is 9.83. The van der Waals surface area contributed by atoms with Gasteiger partial charge in [-0.05, 0) is 19.3 Å². The average Bonchev–Trinajstić information content (AvgIpc) is 2.63. The van der Waals surface area contributed by atoms with Gasteiger partial charge in [-0.2, -0.15) is 5.10 Å². The zero-order valence-electron chi connectivity index (χ0n) is 10.3. The maximum atomic E-state index is 11.8. The van der Waals surface area contributed by atoms with Crippen molar-refractivity contribution in [3.05, 3.63) is 11.9 Å². The minimum atomic E-state index is -0.158. The molecule has 17 heavy (non-hydrogen) atoms. The Bertz CT molecular complexity index is 395. The molecular formula is C12H20N4O. The Morgan fingerprint density at radius 3 is 2.94 bits per heavy atom. The van der Waals surface area contributed by atoms with E-state index in [0.717, 1.165) is 25.4 Å². The summed E-state index contributed by atoms with van der Waals surface area (Å²) in [5.41, 5.74) is 6.54. The number of carbonyl (C=O) groups is 1.